The molecule has 2 amide bonds. The molecular weight excluding hydrogens is 418 g/mol. The first-order chi connectivity index (χ1) is 13.6. The summed E-state index contributed by atoms with van der Waals surface area (Å²) in [6, 6.07) is 8.08. The fraction of sp³-hybridized carbons (Fsp3) is 0.333. The molecule has 4 N–H and O–H groups in total. The van der Waals surface area contributed by atoms with Gasteiger partial charge in [-0.05, 0) is 36.6 Å². The molecule has 29 heavy (non-hydrogen) atoms. The predicted octanol–water partition coefficient (Wildman–Crippen LogP) is 1.14. The van der Waals surface area contributed by atoms with E-state index < -0.39 is 27.4 Å². The van der Waals surface area contributed by atoms with Crippen LogP contribution >= 0.6 is 11.3 Å². The third-order valence-electron chi connectivity index (χ3n) is 4.58. The largest absolute Gasteiger partial charge is 0.497 e. The van der Waals surface area contributed by atoms with Gasteiger partial charge >= 0.3 is 0 Å². The van der Waals surface area contributed by atoms with Crippen molar-refractivity contribution in [3.8, 4) is 5.75 Å². The monoisotopic (exact) mass is 439 g/mol. The number of thiophene rings is 1. The molecule has 1 aliphatic rings. The van der Waals surface area contributed by atoms with Crippen molar-refractivity contribution in [3.05, 3.63) is 41.5 Å². The minimum Gasteiger partial charge on any atom is -0.497 e. The van der Waals surface area contributed by atoms with E-state index in [0.29, 0.717) is 18.6 Å². The van der Waals surface area contributed by atoms with Gasteiger partial charge in [-0.25, -0.2) is 8.42 Å². The summed E-state index contributed by atoms with van der Waals surface area (Å²) in [7, 11) is -0.995. The number of rotatable bonds is 8. The third-order valence-corrected chi connectivity index (χ3v) is 7.88. The van der Waals surface area contributed by atoms with Gasteiger partial charge in [-0.2, -0.15) is 4.31 Å². The molecular formula is C18H21N3O6S2. The zero-order valence-electron chi connectivity index (χ0n) is 15.8. The van der Waals surface area contributed by atoms with Crippen LogP contribution in [-0.4, -0.2) is 49.4 Å². The number of carbonyl (C=O) groups excluding carboxylic acids is 2. The Labute approximate surface area is 172 Å². The molecule has 1 fully saturated rings. The van der Waals surface area contributed by atoms with Crippen molar-refractivity contribution >= 4 is 38.2 Å². The average Bonchev–Trinajstić information content (AvgIpc) is 3.28. The second-order valence-electron chi connectivity index (χ2n) is 6.77. The zero-order valence-corrected chi connectivity index (χ0v) is 17.5. The van der Waals surface area contributed by atoms with Gasteiger partial charge in [0, 0.05) is 13.6 Å². The minimum absolute atomic E-state index is 0.000697. The zero-order chi connectivity index (χ0) is 21.4. The normalized spacial score (nSPS) is 15.2. The van der Waals surface area contributed by atoms with Crippen molar-refractivity contribution < 1.29 is 27.9 Å². The van der Waals surface area contributed by atoms with Crippen molar-refractivity contribution in [1.82, 2.24) is 4.31 Å². The van der Waals surface area contributed by atoms with Crippen molar-refractivity contribution in [2.75, 3.05) is 19.5 Å². The van der Waals surface area contributed by atoms with Crippen LogP contribution in [0, 0.1) is 0 Å². The molecule has 3 rings (SSSR count). The van der Waals surface area contributed by atoms with E-state index in [-0.39, 0.29) is 21.3 Å². The van der Waals surface area contributed by atoms with Gasteiger partial charge in [0.2, 0.25) is 0 Å². The van der Waals surface area contributed by atoms with Gasteiger partial charge in [-0.3, -0.25) is 9.59 Å². The maximum Gasteiger partial charge on any atom is 0.256 e. The molecule has 9 nitrogen and oxygen atoms in total. The Balaban J connectivity index is 1.84. The molecule has 1 aromatic carbocycles. The Morgan fingerprint density at radius 1 is 1.31 bits per heavy atom. The summed E-state index contributed by atoms with van der Waals surface area (Å²) >= 11 is 0.718. The number of amides is 2. The van der Waals surface area contributed by atoms with E-state index in [2.05, 4.69) is 5.32 Å². The van der Waals surface area contributed by atoms with Crippen molar-refractivity contribution in [1.29, 1.82) is 0 Å². The van der Waals surface area contributed by atoms with Gasteiger partial charge < -0.3 is 20.9 Å². The van der Waals surface area contributed by atoms with Crippen molar-refractivity contribution in [2.45, 2.75) is 29.2 Å². The molecule has 156 valence electrons. The maximum absolute atomic E-state index is 12.9. The first kappa shape index (κ1) is 21.2. The summed E-state index contributed by atoms with van der Waals surface area (Å²) in [5.74, 6) is -0.905. The summed E-state index contributed by atoms with van der Waals surface area (Å²) in [4.78, 5) is 23.8. The molecule has 0 saturated heterocycles. The van der Waals surface area contributed by atoms with Crippen LogP contribution in [0.2, 0.25) is 0 Å². The van der Waals surface area contributed by atoms with Crippen molar-refractivity contribution in [2.24, 2.45) is 5.73 Å². The van der Waals surface area contributed by atoms with Crippen LogP contribution in [-0.2, 0) is 21.4 Å². The number of benzene rings is 1. The second-order valence-corrected chi connectivity index (χ2v) is 10.1. The first-order valence-electron chi connectivity index (χ1n) is 8.63. The van der Waals surface area contributed by atoms with E-state index >= 15 is 0 Å². The van der Waals surface area contributed by atoms with Gasteiger partial charge in [0.25, 0.3) is 21.8 Å². The number of nitrogens with one attached hydrogen (secondary N) is 1. The Morgan fingerprint density at radius 2 is 1.93 bits per heavy atom. The van der Waals surface area contributed by atoms with Crippen LogP contribution in [0.25, 0.3) is 0 Å². The van der Waals surface area contributed by atoms with Crippen LogP contribution in [0.5, 0.6) is 5.75 Å². The molecule has 1 aliphatic carbocycles. The van der Waals surface area contributed by atoms with Gasteiger partial charge in [0.15, 0.2) is 0 Å². The fourth-order valence-corrected chi connectivity index (χ4v) is 5.30. The van der Waals surface area contributed by atoms with Crippen LogP contribution in [0.1, 0.15) is 28.8 Å². The summed E-state index contributed by atoms with van der Waals surface area (Å²) in [6.07, 6.45) is 0.623. The third kappa shape index (κ3) is 4.42. The number of carbonyl (C=O) groups is 2. The smallest absolute Gasteiger partial charge is 0.256 e. The number of nitrogens with zero attached hydrogens (tertiary/aromatic N) is 1. The second kappa shape index (κ2) is 7.75. The van der Waals surface area contributed by atoms with E-state index in [1.807, 2.05) is 0 Å². The first-order valence-corrected chi connectivity index (χ1v) is 10.9. The van der Waals surface area contributed by atoms with Crippen LogP contribution in [0.15, 0.2) is 34.5 Å². The summed E-state index contributed by atoms with van der Waals surface area (Å²) in [6.45, 7) is 0.0948. The van der Waals surface area contributed by atoms with Crippen LogP contribution < -0.4 is 15.8 Å². The Kier molecular flexibility index (Phi) is 5.68. The Morgan fingerprint density at radius 3 is 2.45 bits per heavy atom. The highest BCUT2D eigenvalue weighted by Crippen LogP contribution is 2.38. The highest BCUT2D eigenvalue weighted by molar-refractivity contribution is 7.91. The molecule has 0 bridgehead atoms. The number of aliphatic hydroxyl groups is 1. The van der Waals surface area contributed by atoms with Crippen LogP contribution in [0.3, 0.4) is 0 Å². The molecule has 1 aromatic heterocycles. The highest BCUT2D eigenvalue weighted by atomic mass is 32.2. The lowest BCUT2D eigenvalue weighted by molar-refractivity contribution is -0.125. The lowest BCUT2D eigenvalue weighted by Gasteiger charge is -2.16. The van der Waals surface area contributed by atoms with E-state index in [0.717, 1.165) is 27.3 Å². The SMILES string of the molecule is COc1ccc(CN(C)S(=O)(=O)c2cc(C(N)=O)c(NC(=O)C3(O)CC3)s2)cc1. The Bertz CT molecular complexity index is 1040. The number of anilines is 1. The van der Waals surface area contributed by atoms with E-state index in [1.54, 1.807) is 24.3 Å². The number of sulfonamides is 1. The molecule has 1 saturated carbocycles. The van der Waals surface area contributed by atoms with E-state index in [4.69, 9.17) is 10.5 Å². The molecule has 11 heteroatoms. The number of hydrogen-bond acceptors (Lipinski definition) is 7. The molecule has 0 radical (unpaired) electrons. The lowest BCUT2D eigenvalue weighted by Crippen LogP contribution is -2.29. The molecule has 2 aromatic rings. The van der Waals surface area contributed by atoms with Gasteiger partial charge in [-0.1, -0.05) is 12.1 Å². The Hall–Kier alpha value is -2.47. The number of primary amides is 1. The van der Waals surface area contributed by atoms with Crippen molar-refractivity contribution in [3.63, 3.8) is 0 Å². The van der Waals surface area contributed by atoms with Gasteiger partial charge in [0.05, 0.1) is 12.7 Å². The average molecular weight is 440 g/mol. The van der Waals surface area contributed by atoms with Crippen LogP contribution in [0.4, 0.5) is 5.00 Å². The molecule has 0 unspecified atom stereocenters. The highest BCUT2D eigenvalue weighted by Gasteiger charge is 2.48. The molecule has 1 heterocycles. The van der Waals surface area contributed by atoms with E-state index in [9.17, 15) is 23.1 Å². The van der Waals surface area contributed by atoms with E-state index in [1.165, 1.54) is 14.2 Å². The quantitative estimate of drug-likeness (QED) is 0.564. The summed E-state index contributed by atoms with van der Waals surface area (Å²) in [5, 5.41) is 12.3. The number of ether oxygens (including phenoxy) is 1. The molecule has 0 atom stereocenters. The fourth-order valence-electron chi connectivity index (χ4n) is 2.56. The summed E-state index contributed by atoms with van der Waals surface area (Å²) < 4.78 is 32.0. The summed E-state index contributed by atoms with van der Waals surface area (Å²) in [5.41, 5.74) is 4.49. The lowest BCUT2D eigenvalue weighted by atomic mass is 10.2. The predicted molar refractivity (Wildman–Crippen MR) is 107 cm³/mol. The van der Waals surface area contributed by atoms with Gasteiger partial charge in [-0.15, -0.1) is 11.3 Å². The number of nitrogens with two attached hydrogens (primary N) is 1. The topological polar surface area (TPSA) is 139 Å². The molecule has 0 spiro atoms. The number of methoxy groups -OCH3 is 1. The molecule has 0 aliphatic heterocycles. The standard InChI is InChI=1S/C18H21N3O6S2/c1-21(10-11-3-5-12(27-2)6-4-11)29(25,26)14-9-13(15(19)22)16(28-14)20-17(23)18(24)7-8-18/h3-6,9,24H,7-8,10H2,1-2H3,(H2,19,22)(H,20,23). The van der Waals surface area contributed by atoms with Gasteiger partial charge in [0.1, 0.15) is 20.6 Å². The number of hydrogen-bond donors (Lipinski definition) is 3. The maximum atomic E-state index is 12.9. The minimum atomic E-state index is -3.94.